The molecule has 0 fully saturated rings. The number of nitrogens with zero attached hydrogens (tertiary/aromatic N) is 4. The van der Waals surface area contributed by atoms with Gasteiger partial charge in [-0.3, -0.25) is 5.32 Å². The monoisotopic (exact) mass is 389 g/mol. The molecule has 0 saturated carbocycles. The van der Waals surface area contributed by atoms with Crippen LogP contribution in [0.1, 0.15) is 22.7 Å². The lowest BCUT2D eigenvalue weighted by molar-refractivity contribution is 0.498. The number of anilines is 3. The first-order chi connectivity index (χ1) is 13.2. The zero-order valence-corrected chi connectivity index (χ0v) is 13.8. The predicted octanol–water partition coefficient (Wildman–Crippen LogP) is 1.25. The molecular weight excluding hydrogens is 379 g/mol. The molecule has 1 atom stereocenters. The Labute approximate surface area is 155 Å². The van der Waals surface area contributed by atoms with Crippen molar-refractivity contribution in [3.05, 3.63) is 40.7 Å². The lowest BCUT2D eigenvalue weighted by atomic mass is 9.74. The van der Waals surface area contributed by atoms with Crippen molar-refractivity contribution in [3.63, 3.8) is 0 Å². The summed E-state index contributed by atoms with van der Waals surface area (Å²) in [6, 6.07) is 2.46. The topological polar surface area (TPSA) is 149 Å². The van der Waals surface area contributed by atoms with Crippen LogP contribution in [-0.4, -0.2) is 17.9 Å². The predicted molar refractivity (Wildman–Crippen MR) is 94.5 cm³/mol. The van der Waals surface area contributed by atoms with E-state index in [9.17, 15) is 22.6 Å². The minimum absolute atomic E-state index is 0.0397. The summed E-state index contributed by atoms with van der Waals surface area (Å²) in [6.07, 6.45) is 1.58. The summed E-state index contributed by atoms with van der Waals surface area (Å²) in [5.41, 5.74) is 9.54. The molecule has 2 heterocycles. The smallest absolute Gasteiger partial charge is 0.445 e. The fourth-order valence-corrected chi connectivity index (χ4v) is 2.88. The Kier molecular flexibility index (Phi) is 4.44. The number of nitriles is 2. The molecule has 0 amide bonds. The molecule has 1 aromatic heterocycles. The number of benzene rings is 1. The van der Waals surface area contributed by atoms with Gasteiger partial charge >= 0.3 is 6.98 Å². The van der Waals surface area contributed by atoms with Crippen LogP contribution >= 0.6 is 0 Å². The van der Waals surface area contributed by atoms with Crippen molar-refractivity contribution in [1.29, 1.82) is 10.5 Å². The number of halogens is 4. The van der Waals surface area contributed by atoms with E-state index in [4.69, 9.17) is 16.7 Å². The van der Waals surface area contributed by atoms with Crippen LogP contribution in [0, 0.1) is 28.6 Å². The van der Waals surface area contributed by atoms with Crippen LogP contribution in [0.5, 0.6) is 0 Å². The Morgan fingerprint density at radius 1 is 1.21 bits per heavy atom. The van der Waals surface area contributed by atoms with Gasteiger partial charge in [0.1, 0.15) is 35.1 Å². The quantitative estimate of drug-likeness (QED) is 0.261. The highest BCUT2D eigenvalue weighted by Crippen LogP contribution is 2.40. The number of rotatable bonds is 2. The van der Waals surface area contributed by atoms with E-state index in [0.29, 0.717) is 6.07 Å². The molecule has 1 aromatic carbocycles. The number of hydrogen-bond donors (Lipinski definition) is 4. The minimum Gasteiger partial charge on any atom is -0.445 e. The maximum Gasteiger partial charge on any atom is 0.510 e. The molecule has 28 heavy (non-hydrogen) atoms. The van der Waals surface area contributed by atoms with Gasteiger partial charge in [-0.1, -0.05) is 17.6 Å². The summed E-state index contributed by atoms with van der Waals surface area (Å²) in [7, 11) is 0. The molecule has 0 radical (unpaired) electrons. The van der Waals surface area contributed by atoms with E-state index in [1.165, 1.54) is 0 Å². The SMILES string of the molecule is N#CNC1=NC(c2ccc(F)cc2[B-](F)(F)F)c2c(nc(N)c(C#N)c2N)N1. The summed E-state index contributed by atoms with van der Waals surface area (Å²) >= 11 is 0. The maximum atomic E-state index is 13.6. The van der Waals surface area contributed by atoms with E-state index < -0.39 is 29.9 Å². The Morgan fingerprint density at radius 3 is 2.54 bits per heavy atom. The number of aliphatic imine (C=N–C) groups is 1. The zero-order chi connectivity index (χ0) is 20.6. The summed E-state index contributed by atoms with van der Waals surface area (Å²) < 4.78 is 54.2. The van der Waals surface area contributed by atoms with Gasteiger partial charge in [0.25, 0.3) is 0 Å². The van der Waals surface area contributed by atoms with Crippen molar-refractivity contribution in [1.82, 2.24) is 10.3 Å². The number of aromatic nitrogens is 1. The molecule has 142 valence electrons. The lowest BCUT2D eigenvalue weighted by Gasteiger charge is -2.29. The number of fused-ring (bicyclic) bond motifs is 1. The second kappa shape index (κ2) is 6.63. The van der Waals surface area contributed by atoms with E-state index in [1.54, 1.807) is 12.3 Å². The van der Waals surface area contributed by atoms with Crippen LogP contribution in [0.2, 0.25) is 0 Å². The Morgan fingerprint density at radius 2 is 1.93 bits per heavy atom. The van der Waals surface area contributed by atoms with Crippen molar-refractivity contribution < 1.29 is 17.3 Å². The van der Waals surface area contributed by atoms with E-state index in [2.05, 4.69) is 20.6 Å². The van der Waals surface area contributed by atoms with Gasteiger partial charge in [0.05, 0.1) is 5.69 Å². The summed E-state index contributed by atoms with van der Waals surface area (Å²) in [6.45, 7) is -5.60. The normalized spacial score (nSPS) is 15.5. The van der Waals surface area contributed by atoms with Crippen LogP contribution < -0.4 is 27.6 Å². The van der Waals surface area contributed by atoms with Crippen molar-refractivity contribution >= 4 is 35.7 Å². The van der Waals surface area contributed by atoms with E-state index in [1.807, 2.05) is 0 Å². The highest BCUT2D eigenvalue weighted by molar-refractivity contribution is 6.74. The van der Waals surface area contributed by atoms with Crippen LogP contribution in [0.25, 0.3) is 0 Å². The molecule has 2 aromatic rings. The standard InChI is InChI=1S/C15H10BF4N8/c17-6-1-2-7(9(3-6)16(18,19)20)12-10-11(23)8(4-21)13(24)27-14(10)28-15(26-12)25-5-22/h1-3,12H,(H6,23,24,25,26,27,28)/q-1. The second-order valence-electron chi connectivity index (χ2n) is 5.75. The highest BCUT2D eigenvalue weighted by atomic mass is 19.4. The fourth-order valence-electron chi connectivity index (χ4n) is 2.88. The van der Waals surface area contributed by atoms with Gasteiger partial charge in [-0.25, -0.2) is 14.4 Å². The van der Waals surface area contributed by atoms with Crippen LogP contribution in [0.15, 0.2) is 23.2 Å². The Bertz CT molecular complexity index is 1080. The van der Waals surface area contributed by atoms with Crippen molar-refractivity contribution in [2.24, 2.45) is 4.99 Å². The number of nitrogens with two attached hydrogens (primary N) is 2. The average molecular weight is 389 g/mol. The van der Waals surface area contributed by atoms with Crippen molar-refractivity contribution in [3.8, 4) is 12.3 Å². The molecule has 0 aliphatic carbocycles. The Hall–Kier alpha value is -4.00. The van der Waals surface area contributed by atoms with Gasteiger partial charge in [-0.05, 0) is 11.6 Å². The first-order valence-corrected chi connectivity index (χ1v) is 7.65. The fraction of sp³-hybridized carbons (Fsp3) is 0.0667. The molecule has 13 heteroatoms. The number of nitrogen functional groups attached to an aromatic ring is 2. The molecule has 6 N–H and O–H groups in total. The third-order valence-electron chi connectivity index (χ3n) is 4.05. The van der Waals surface area contributed by atoms with E-state index in [-0.39, 0.29) is 34.4 Å². The molecule has 0 bridgehead atoms. The van der Waals surface area contributed by atoms with Gasteiger partial charge in [0.15, 0.2) is 6.19 Å². The molecule has 3 rings (SSSR count). The first-order valence-electron chi connectivity index (χ1n) is 7.65. The maximum absolute atomic E-state index is 13.6. The molecule has 0 spiro atoms. The number of guanidine groups is 1. The van der Waals surface area contributed by atoms with Gasteiger partial charge in [-0.2, -0.15) is 10.5 Å². The zero-order valence-electron chi connectivity index (χ0n) is 13.8. The summed E-state index contributed by atoms with van der Waals surface area (Å²) in [5.74, 6) is -1.60. The molecule has 0 saturated heterocycles. The van der Waals surface area contributed by atoms with Gasteiger partial charge in [-0.15, -0.1) is 0 Å². The van der Waals surface area contributed by atoms with Gasteiger partial charge in [0.2, 0.25) is 5.96 Å². The number of hydrogen-bond acceptors (Lipinski definition) is 8. The summed E-state index contributed by atoms with van der Waals surface area (Å²) in [4.78, 5) is 7.99. The van der Waals surface area contributed by atoms with Crippen molar-refractivity contribution in [2.45, 2.75) is 6.04 Å². The van der Waals surface area contributed by atoms with Crippen LogP contribution in [0.3, 0.4) is 0 Å². The van der Waals surface area contributed by atoms with Gasteiger partial charge < -0.3 is 29.7 Å². The molecule has 1 unspecified atom stereocenters. The van der Waals surface area contributed by atoms with Crippen LogP contribution in [0.4, 0.5) is 34.7 Å². The highest BCUT2D eigenvalue weighted by Gasteiger charge is 2.35. The third-order valence-corrected chi connectivity index (χ3v) is 4.05. The third kappa shape index (κ3) is 3.10. The van der Waals surface area contributed by atoms with Crippen molar-refractivity contribution in [2.75, 3.05) is 16.8 Å². The lowest BCUT2D eigenvalue weighted by Crippen LogP contribution is -2.40. The molecule has 1 aliphatic rings. The van der Waals surface area contributed by atoms with E-state index >= 15 is 0 Å². The molecule has 1 aliphatic heterocycles. The molecule has 8 nitrogen and oxygen atoms in total. The summed E-state index contributed by atoms with van der Waals surface area (Å²) in [5, 5.41) is 22.8. The van der Waals surface area contributed by atoms with Gasteiger partial charge in [0, 0.05) is 5.56 Å². The second-order valence-corrected chi connectivity index (χ2v) is 5.75. The van der Waals surface area contributed by atoms with Crippen LogP contribution in [-0.2, 0) is 0 Å². The Balaban J connectivity index is 2.34. The number of nitrogens with one attached hydrogen (secondary N) is 2. The minimum atomic E-state index is -5.60. The van der Waals surface area contributed by atoms with E-state index in [0.717, 1.165) is 12.1 Å². The molecular formula is C15H10BF4N8-. The first kappa shape index (κ1) is 18.8. The average Bonchev–Trinajstić information content (AvgIpc) is 2.60. The number of pyridine rings is 1. The largest absolute Gasteiger partial charge is 0.510 e.